The second kappa shape index (κ2) is 9.78. The topological polar surface area (TPSA) is 121 Å². The minimum absolute atomic E-state index is 0.0265. The molecule has 1 fully saturated rings. The quantitative estimate of drug-likeness (QED) is 0.573. The summed E-state index contributed by atoms with van der Waals surface area (Å²) in [6.07, 6.45) is -0.523. The van der Waals surface area contributed by atoms with Crippen molar-refractivity contribution in [3.8, 4) is 0 Å². The fraction of sp³-hybridized carbons (Fsp3) is 0.524. The Bertz CT molecular complexity index is 901. The Kier molecular flexibility index (Phi) is 7.11. The normalized spacial score (nSPS) is 15.3. The standard InChI is InChI=1S/C21H30N6O4/c1-14(28)15-6-5-7-16(12-15)23-17(13-22-20(29)31-21(2,3)4)18-24-19(26-25-18)27-8-10-30-11-9-27/h5-7,12,17,23H,8-11,13H2,1-4H3,(H,22,29)(H,24,25,26). The van der Waals surface area contributed by atoms with Gasteiger partial charge in [0, 0.05) is 30.9 Å². The Balaban J connectivity index is 1.77. The second-order valence-electron chi connectivity index (χ2n) is 8.34. The van der Waals surface area contributed by atoms with Crippen molar-refractivity contribution in [1.82, 2.24) is 20.5 Å². The van der Waals surface area contributed by atoms with Gasteiger partial charge in [-0.05, 0) is 39.8 Å². The summed E-state index contributed by atoms with van der Waals surface area (Å²) in [7, 11) is 0. The van der Waals surface area contributed by atoms with Gasteiger partial charge in [0.15, 0.2) is 11.6 Å². The molecule has 168 valence electrons. The number of amides is 1. The number of Topliss-reactive ketones (excluding diaryl/α,β-unsaturated/α-hetero) is 1. The molecule has 1 aromatic carbocycles. The molecule has 3 N–H and O–H groups in total. The minimum Gasteiger partial charge on any atom is -0.444 e. The Labute approximate surface area is 181 Å². The van der Waals surface area contributed by atoms with Crippen LogP contribution in [0.2, 0.25) is 0 Å². The van der Waals surface area contributed by atoms with Crippen LogP contribution in [0.25, 0.3) is 0 Å². The van der Waals surface area contributed by atoms with E-state index < -0.39 is 17.7 Å². The molecule has 1 saturated heterocycles. The number of ketones is 1. The smallest absolute Gasteiger partial charge is 0.407 e. The number of benzene rings is 1. The first kappa shape index (κ1) is 22.5. The van der Waals surface area contributed by atoms with Crippen molar-refractivity contribution in [2.75, 3.05) is 43.1 Å². The van der Waals surface area contributed by atoms with Crippen molar-refractivity contribution in [2.45, 2.75) is 39.3 Å². The van der Waals surface area contributed by atoms with Gasteiger partial charge in [-0.2, -0.15) is 4.98 Å². The maximum Gasteiger partial charge on any atom is 0.407 e. The molecule has 1 unspecified atom stereocenters. The molecule has 31 heavy (non-hydrogen) atoms. The van der Waals surface area contributed by atoms with Crippen LogP contribution in [0.5, 0.6) is 0 Å². The van der Waals surface area contributed by atoms with E-state index in [1.54, 1.807) is 39.0 Å². The van der Waals surface area contributed by atoms with Crippen molar-refractivity contribution in [2.24, 2.45) is 0 Å². The van der Waals surface area contributed by atoms with Gasteiger partial charge in [-0.15, -0.1) is 5.10 Å². The van der Waals surface area contributed by atoms with E-state index in [1.807, 2.05) is 11.0 Å². The first-order valence-corrected chi connectivity index (χ1v) is 10.3. The van der Waals surface area contributed by atoms with E-state index in [-0.39, 0.29) is 12.3 Å². The first-order chi connectivity index (χ1) is 14.7. The number of hydrogen-bond acceptors (Lipinski definition) is 8. The van der Waals surface area contributed by atoms with Crippen molar-refractivity contribution in [3.63, 3.8) is 0 Å². The molecule has 1 atom stereocenters. The van der Waals surface area contributed by atoms with Crippen LogP contribution in [-0.2, 0) is 9.47 Å². The number of carbonyl (C=O) groups excluding carboxylic acids is 2. The van der Waals surface area contributed by atoms with Gasteiger partial charge in [0.25, 0.3) is 0 Å². The Morgan fingerprint density at radius 2 is 2.03 bits per heavy atom. The molecule has 2 heterocycles. The third-order valence-electron chi connectivity index (χ3n) is 4.57. The zero-order chi connectivity index (χ0) is 22.4. The van der Waals surface area contributed by atoms with Gasteiger partial charge in [-0.1, -0.05) is 12.1 Å². The minimum atomic E-state index is -0.599. The highest BCUT2D eigenvalue weighted by molar-refractivity contribution is 5.94. The molecule has 2 aromatic rings. The van der Waals surface area contributed by atoms with Crippen LogP contribution < -0.4 is 15.5 Å². The van der Waals surface area contributed by atoms with E-state index in [4.69, 9.17) is 9.47 Å². The molecule has 0 saturated carbocycles. The average Bonchev–Trinajstić information content (AvgIpc) is 3.21. The molecule has 1 amide bonds. The number of rotatable bonds is 7. The summed E-state index contributed by atoms with van der Waals surface area (Å²) in [4.78, 5) is 30.6. The van der Waals surface area contributed by atoms with Crippen LogP contribution >= 0.6 is 0 Å². The summed E-state index contributed by atoms with van der Waals surface area (Å²) in [5.74, 6) is 1.12. The van der Waals surface area contributed by atoms with Crippen LogP contribution in [-0.4, -0.2) is 65.5 Å². The molecular weight excluding hydrogens is 400 g/mol. The molecule has 3 rings (SSSR count). The molecule has 0 aliphatic carbocycles. The summed E-state index contributed by atoms with van der Waals surface area (Å²) >= 11 is 0. The van der Waals surface area contributed by atoms with E-state index >= 15 is 0 Å². The zero-order valence-electron chi connectivity index (χ0n) is 18.4. The highest BCUT2D eigenvalue weighted by Crippen LogP contribution is 2.20. The highest BCUT2D eigenvalue weighted by atomic mass is 16.6. The van der Waals surface area contributed by atoms with Crippen LogP contribution in [0.3, 0.4) is 0 Å². The average molecular weight is 431 g/mol. The maximum absolute atomic E-state index is 12.2. The first-order valence-electron chi connectivity index (χ1n) is 10.3. The number of ether oxygens (including phenoxy) is 2. The highest BCUT2D eigenvalue weighted by Gasteiger charge is 2.23. The molecule has 10 heteroatoms. The van der Waals surface area contributed by atoms with Crippen LogP contribution in [0.4, 0.5) is 16.4 Å². The number of anilines is 2. The van der Waals surface area contributed by atoms with Crippen molar-refractivity contribution >= 4 is 23.5 Å². The van der Waals surface area contributed by atoms with Crippen LogP contribution in [0.1, 0.15) is 49.9 Å². The summed E-state index contributed by atoms with van der Waals surface area (Å²) in [5, 5.41) is 13.4. The van der Waals surface area contributed by atoms with Gasteiger partial charge in [-0.25, -0.2) is 4.79 Å². The van der Waals surface area contributed by atoms with Crippen molar-refractivity contribution in [3.05, 3.63) is 35.7 Å². The molecule has 0 radical (unpaired) electrons. The fourth-order valence-electron chi connectivity index (χ4n) is 3.07. The third-order valence-corrected chi connectivity index (χ3v) is 4.57. The van der Waals surface area contributed by atoms with Gasteiger partial charge < -0.3 is 25.0 Å². The monoisotopic (exact) mass is 430 g/mol. The van der Waals surface area contributed by atoms with E-state index in [2.05, 4.69) is 25.8 Å². The number of aromatic nitrogens is 3. The van der Waals surface area contributed by atoms with Gasteiger partial charge in [-0.3, -0.25) is 9.89 Å². The van der Waals surface area contributed by atoms with E-state index in [0.717, 1.165) is 5.69 Å². The summed E-state index contributed by atoms with van der Waals surface area (Å²) < 4.78 is 10.7. The van der Waals surface area contributed by atoms with Gasteiger partial charge in [0.05, 0.1) is 13.2 Å². The second-order valence-corrected chi connectivity index (χ2v) is 8.34. The number of nitrogens with zero attached hydrogens (tertiary/aromatic N) is 3. The fourth-order valence-corrected chi connectivity index (χ4v) is 3.07. The number of H-pyrrole nitrogens is 1. The Morgan fingerprint density at radius 3 is 2.71 bits per heavy atom. The molecule has 0 spiro atoms. The molecule has 0 bridgehead atoms. The van der Waals surface area contributed by atoms with Gasteiger partial charge >= 0.3 is 6.09 Å². The maximum atomic E-state index is 12.2. The summed E-state index contributed by atoms with van der Waals surface area (Å²) in [6.45, 7) is 9.83. The number of carbonyl (C=O) groups is 2. The van der Waals surface area contributed by atoms with Crippen molar-refractivity contribution < 1.29 is 19.1 Å². The van der Waals surface area contributed by atoms with Crippen molar-refractivity contribution in [1.29, 1.82) is 0 Å². The van der Waals surface area contributed by atoms with E-state index in [9.17, 15) is 9.59 Å². The summed E-state index contributed by atoms with van der Waals surface area (Å²) in [6, 6.07) is 6.76. The van der Waals surface area contributed by atoms with Crippen LogP contribution in [0, 0.1) is 0 Å². The number of alkyl carbamates (subject to hydrolysis) is 1. The molecule has 1 aliphatic rings. The number of hydrogen-bond donors (Lipinski definition) is 3. The number of aromatic amines is 1. The lowest BCUT2D eigenvalue weighted by Gasteiger charge is -2.25. The largest absolute Gasteiger partial charge is 0.444 e. The zero-order valence-corrected chi connectivity index (χ0v) is 18.4. The number of nitrogens with one attached hydrogen (secondary N) is 3. The Morgan fingerprint density at radius 1 is 1.29 bits per heavy atom. The van der Waals surface area contributed by atoms with Crippen LogP contribution in [0.15, 0.2) is 24.3 Å². The van der Waals surface area contributed by atoms with E-state index in [0.29, 0.717) is 43.6 Å². The molecule has 1 aliphatic heterocycles. The molecule has 10 nitrogen and oxygen atoms in total. The molecular formula is C21H30N6O4. The van der Waals surface area contributed by atoms with Gasteiger partial charge in [0.1, 0.15) is 11.6 Å². The summed E-state index contributed by atoms with van der Waals surface area (Å²) in [5.41, 5.74) is 0.724. The number of morpholine rings is 1. The third kappa shape index (κ3) is 6.68. The molecule has 1 aromatic heterocycles. The lowest BCUT2D eigenvalue weighted by molar-refractivity contribution is 0.0525. The predicted octanol–water partition coefficient (Wildman–Crippen LogP) is 2.52. The predicted molar refractivity (Wildman–Crippen MR) is 116 cm³/mol. The lowest BCUT2D eigenvalue weighted by atomic mass is 10.1. The SMILES string of the molecule is CC(=O)c1cccc(NC(CNC(=O)OC(C)(C)C)c2nc(N3CCOCC3)n[nH]2)c1. The lowest BCUT2D eigenvalue weighted by Crippen LogP contribution is -2.37. The van der Waals surface area contributed by atoms with Gasteiger partial charge in [0.2, 0.25) is 5.95 Å². The van der Waals surface area contributed by atoms with E-state index in [1.165, 1.54) is 6.92 Å². The Hall–Kier alpha value is -3.14.